The van der Waals surface area contributed by atoms with Crippen molar-refractivity contribution in [3.63, 3.8) is 0 Å². The molecule has 2 spiro atoms. The summed E-state index contributed by atoms with van der Waals surface area (Å²) in [6.45, 7) is 20.7. The van der Waals surface area contributed by atoms with E-state index < -0.39 is 31.2 Å². The number of piperidine rings is 2. The number of benzene rings is 4. The van der Waals surface area contributed by atoms with Crippen LogP contribution in [0.3, 0.4) is 0 Å². The zero-order valence-corrected chi connectivity index (χ0v) is 45.2. The summed E-state index contributed by atoms with van der Waals surface area (Å²) in [5.74, 6) is 1.51. The number of likely N-dealkylation sites (tertiary alicyclic amines) is 1. The molecule has 0 radical (unpaired) electrons. The predicted molar refractivity (Wildman–Crippen MR) is 296 cm³/mol. The average Bonchev–Trinajstić information content (AvgIpc) is 3.38. The summed E-state index contributed by atoms with van der Waals surface area (Å²) in [5, 5.41) is 3.38. The number of hydrogen-bond donors (Lipinski definition) is 3. The average molecular weight is 1040 g/mol. The molecule has 4 aromatic rings. The lowest BCUT2D eigenvalue weighted by Crippen LogP contribution is -2.46. The number of carbonyl (C=O) groups is 2. The number of sulfonamides is 2. The van der Waals surface area contributed by atoms with E-state index in [1.54, 1.807) is 21.9 Å². The van der Waals surface area contributed by atoms with Crippen molar-refractivity contribution in [1.82, 2.24) is 20.0 Å². The highest BCUT2D eigenvalue weighted by atomic mass is 32.2. The Bertz CT molecular complexity index is 3150. The van der Waals surface area contributed by atoms with Crippen LogP contribution in [0.1, 0.15) is 96.3 Å². The van der Waals surface area contributed by atoms with Crippen LogP contribution in [-0.4, -0.2) is 126 Å². The Hall–Kier alpha value is -7.04. The summed E-state index contributed by atoms with van der Waals surface area (Å²) in [7, 11) is -4.69. The standard InChI is InChI=1S/C26H33N3O4S.C25H31N3O4S.C7H4/c1-5-29(6-2)25(30)20-9-7-19(8-10-20)23-18-26(13-15-28(3)16-14-26)33-24-12-11-21(17-22(23)24)27-34(4,31)32;1-4-28(5-2)24(29)19-8-6-18(7-9-19)22-17-25(12-14-26-15-13-25)32-23-11-10-20(16-21(22)23)27-33(3,30)31;1-3-5-7-6-4-2/h7-12,17-18,27H,5-6,13-16H2,1-4H3;6-11,16-17,26-27H,4-5,12-15H2,1-3H3;1-2H2. The van der Waals surface area contributed by atoms with Gasteiger partial charge in [-0.25, -0.2) is 16.8 Å². The molecule has 4 heterocycles. The minimum Gasteiger partial charge on any atom is -0.482 e. The highest BCUT2D eigenvalue weighted by molar-refractivity contribution is 7.92. The van der Waals surface area contributed by atoms with E-state index in [0.29, 0.717) is 48.7 Å². The topological polar surface area (TPSA) is 167 Å². The summed E-state index contributed by atoms with van der Waals surface area (Å²) in [4.78, 5) is 31.4. The van der Waals surface area contributed by atoms with Gasteiger partial charge in [-0.1, -0.05) is 35.7 Å². The zero-order chi connectivity index (χ0) is 53.7. The van der Waals surface area contributed by atoms with Crippen LogP contribution in [-0.2, 0) is 20.0 Å². The highest BCUT2D eigenvalue weighted by Gasteiger charge is 2.39. The molecule has 2 fully saturated rings. The number of hydrogen-bond acceptors (Lipinski definition) is 10. The molecular weight excluding hydrogens is 973 g/mol. The van der Waals surface area contributed by atoms with Crippen LogP contribution < -0.4 is 24.2 Å². The van der Waals surface area contributed by atoms with Gasteiger partial charge in [0, 0.05) is 98.6 Å². The largest absolute Gasteiger partial charge is 0.482 e. The van der Waals surface area contributed by atoms with E-state index in [2.05, 4.69) is 80.7 Å². The maximum atomic E-state index is 12.8. The second-order valence-corrected chi connectivity index (χ2v) is 22.0. The maximum Gasteiger partial charge on any atom is 0.253 e. The predicted octanol–water partition coefficient (Wildman–Crippen LogP) is 8.89. The lowest BCUT2D eigenvalue weighted by Gasteiger charge is -2.42. The summed E-state index contributed by atoms with van der Waals surface area (Å²) in [6.07, 6.45) is 10.1. The van der Waals surface area contributed by atoms with Crippen molar-refractivity contribution in [2.45, 2.75) is 64.6 Å². The fourth-order valence-corrected chi connectivity index (χ4v) is 10.4. The number of rotatable bonds is 12. The second kappa shape index (κ2) is 24.8. The first-order valence-corrected chi connectivity index (χ1v) is 28.6. The van der Waals surface area contributed by atoms with Gasteiger partial charge >= 0.3 is 0 Å². The Morgan fingerprint density at radius 2 is 0.986 bits per heavy atom. The van der Waals surface area contributed by atoms with Gasteiger partial charge in [-0.3, -0.25) is 19.0 Å². The molecule has 4 aliphatic heterocycles. The number of nitrogens with one attached hydrogen (secondary N) is 3. The Labute approximate surface area is 437 Å². The Balaban J connectivity index is 0.000000214. The minimum absolute atomic E-state index is 0.0161. The van der Waals surface area contributed by atoms with E-state index in [9.17, 15) is 26.4 Å². The maximum absolute atomic E-state index is 12.8. The quantitative estimate of drug-likeness (QED) is 0.117. The van der Waals surface area contributed by atoms with Gasteiger partial charge in [0.2, 0.25) is 20.0 Å². The normalized spacial score (nSPS) is 15.9. The fourth-order valence-electron chi connectivity index (χ4n) is 9.30. The van der Waals surface area contributed by atoms with Gasteiger partial charge < -0.3 is 29.5 Å². The Morgan fingerprint density at radius 3 is 1.34 bits per heavy atom. The molecule has 4 aliphatic rings. The molecule has 74 heavy (non-hydrogen) atoms. The molecule has 14 nitrogen and oxygen atoms in total. The van der Waals surface area contributed by atoms with Crippen LogP contribution in [0.4, 0.5) is 11.4 Å². The molecule has 390 valence electrons. The summed E-state index contributed by atoms with van der Waals surface area (Å²) in [5.41, 5.74) is 19.0. The molecule has 3 N–H and O–H groups in total. The molecule has 2 amide bonds. The van der Waals surface area contributed by atoms with Gasteiger partial charge in [0.05, 0.1) is 12.5 Å². The molecule has 4 aromatic carbocycles. The van der Waals surface area contributed by atoms with Crippen LogP contribution in [0.15, 0.2) is 139 Å². The number of amides is 2. The van der Waals surface area contributed by atoms with Crippen LogP contribution in [0.5, 0.6) is 11.5 Å². The number of nitrogens with zero attached hydrogens (tertiary/aromatic N) is 3. The lowest BCUT2D eigenvalue weighted by atomic mass is 9.83. The van der Waals surface area contributed by atoms with Crippen molar-refractivity contribution < 1.29 is 35.9 Å². The number of carbonyl (C=O) groups excluding carboxylic acids is 2. The van der Waals surface area contributed by atoms with E-state index in [1.165, 1.54) is 0 Å². The molecule has 0 saturated carbocycles. The smallest absolute Gasteiger partial charge is 0.253 e. The van der Waals surface area contributed by atoms with Crippen molar-refractivity contribution >= 4 is 54.4 Å². The van der Waals surface area contributed by atoms with Crippen LogP contribution >= 0.6 is 0 Å². The molecule has 0 unspecified atom stereocenters. The van der Waals surface area contributed by atoms with E-state index in [4.69, 9.17) is 9.47 Å². The van der Waals surface area contributed by atoms with E-state index in [0.717, 1.165) is 109 Å². The molecule has 0 aliphatic carbocycles. The molecule has 8 rings (SSSR count). The SMILES string of the molecule is C=C=C=C=C=C=C.CCN(CC)C(=O)c1ccc(C2=CC3(CCN(C)CC3)Oc3ccc(NS(C)(=O)=O)cc32)cc1.CCN(CC)C(=O)c1ccc(C2=CC3(CCNCC3)Oc3ccc(NS(C)(=O)=O)cc32)cc1. The second-order valence-electron chi connectivity index (χ2n) is 18.5. The van der Waals surface area contributed by atoms with Crippen LogP contribution in [0.25, 0.3) is 11.1 Å². The number of ether oxygens (including phenoxy) is 2. The fraction of sp³-hybridized carbons (Fsp3) is 0.362. The zero-order valence-electron chi connectivity index (χ0n) is 43.6. The van der Waals surface area contributed by atoms with Crippen molar-refractivity contribution in [2.75, 3.05) is 81.4 Å². The van der Waals surface area contributed by atoms with Crippen molar-refractivity contribution in [1.29, 1.82) is 0 Å². The third-order valence-electron chi connectivity index (χ3n) is 13.2. The summed E-state index contributed by atoms with van der Waals surface area (Å²) < 4.78 is 65.2. The summed E-state index contributed by atoms with van der Waals surface area (Å²) >= 11 is 0. The van der Waals surface area contributed by atoms with Gasteiger partial charge in [-0.05, 0) is 173 Å². The molecule has 0 bridgehead atoms. The molecule has 2 saturated heterocycles. The monoisotopic (exact) mass is 1040 g/mol. The third kappa shape index (κ3) is 14.6. The van der Waals surface area contributed by atoms with Crippen molar-refractivity contribution in [2.24, 2.45) is 0 Å². The van der Waals surface area contributed by atoms with Crippen LogP contribution in [0, 0.1) is 0 Å². The third-order valence-corrected chi connectivity index (χ3v) is 14.4. The van der Waals surface area contributed by atoms with Crippen molar-refractivity contribution in [3.8, 4) is 11.5 Å². The van der Waals surface area contributed by atoms with Gasteiger partial charge in [-0.2, -0.15) is 0 Å². The first-order valence-electron chi connectivity index (χ1n) is 24.8. The van der Waals surface area contributed by atoms with Gasteiger partial charge in [0.1, 0.15) is 22.7 Å². The first-order chi connectivity index (χ1) is 35.3. The van der Waals surface area contributed by atoms with E-state index in [1.807, 2.05) is 100 Å². The molecular formula is C58H68N6O8S2. The van der Waals surface area contributed by atoms with Crippen molar-refractivity contribution in [3.05, 3.63) is 172 Å². The van der Waals surface area contributed by atoms with Crippen LogP contribution in [0.2, 0.25) is 0 Å². The Kier molecular flexibility index (Phi) is 18.8. The number of anilines is 2. The minimum atomic E-state index is -3.41. The molecule has 0 atom stereocenters. The summed E-state index contributed by atoms with van der Waals surface area (Å²) in [6, 6.07) is 26.1. The lowest BCUT2D eigenvalue weighted by molar-refractivity contribution is 0.0468. The molecule has 0 aromatic heterocycles. The first kappa shape index (κ1) is 56.3. The van der Waals surface area contributed by atoms with Gasteiger partial charge in [0.25, 0.3) is 11.8 Å². The molecule has 16 heteroatoms. The highest BCUT2D eigenvalue weighted by Crippen LogP contribution is 2.46. The number of fused-ring (bicyclic) bond motifs is 2. The van der Waals surface area contributed by atoms with E-state index in [-0.39, 0.29) is 11.8 Å². The van der Waals surface area contributed by atoms with Gasteiger partial charge in [0.15, 0.2) is 0 Å². The van der Waals surface area contributed by atoms with E-state index >= 15 is 0 Å². The Morgan fingerprint density at radius 1 is 0.608 bits per heavy atom. The van der Waals surface area contributed by atoms with Gasteiger partial charge in [-0.15, -0.1) is 0 Å².